The monoisotopic (exact) mass is 1000 g/mol. The minimum absolute atomic E-state index is 0.120. The Labute approximate surface area is 431 Å². The van der Waals surface area contributed by atoms with Crippen LogP contribution >= 0.6 is 0 Å². The second-order valence-corrected chi connectivity index (χ2v) is 44.1. The highest BCUT2D eigenvalue weighted by molar-refractivity contribution is 7.20. The van der Waals surface area contributed by atoms with Crippen LogP contribution in [0.4, 0.5) is 0 Å². The molecule has 0 unspecified atom stereocenters. The summed E-state index contributed by atoms with van der Waals surface area (Å²) in [5.41, 5.74) is 12.5. The van der Waals surface area contributed by atoms with Crippen LogP contribution in [-0.2, 0) is 16.2 Å². The molecule has 5 heterocycles. The highest BCUT2D eigenvalue weighted by Crippen LogP contribution is 2.43. The molecule has 72 heavy (non-hydrogen) atoms. The first-order chi connectivity index (χ1) is 34.1. The van der Waals surface area contributed by atoms with E-state index >= 15 is 0 Å². The van der Waals surface area contributed by atoms with Crippen LogP contribution in [0.2, 0.25) is 57.4 Å². The summed E-state index contributed by atoms with van der Waals surface area (Å²) in [4.78, 5) is 0. The molecule has 0 fully saturated rings. The Morgan fingerprint density at radius 1 is 0.333 bits per heavy atom. The largest absolute Gasteiger partial charge is 0.309 e. The van der Waals surface area contributed by atoms with Crippen LogP contribution in [0, 0.1) is 0 Å². The third-order valence-electron chi connectivity index (χ3n) is 18.4. The number of nitrogens with zero attached hydrogens (tertiary/aromatic N) is 2. The van der Waals surface area contributed by atoms with E-state index in [0.29, 0.717) is 0 Å². The quantitative estimate of drug-likeness (QED) is 0.116. The summed E-state index contributed by atoms with van der Waals surface area (Å²) in [6, 6.07) is 71.9. The summed E-state index contributed by atoms with van der Waals surface area (Å²) < 4.78 is 5.03. The van der Waals surface area contributed by atoms with Gasteiger partial charge in [0.15, 0.2) is 8.07 Å². The smallest absolute Gasteiger partial charge is 0.179 e. The Morgan fingerprint density at radius 2 is 0.681 bits per heavy atom. The van der Waals surface area contributed by atoms with E-state index in [9.17, 15) is 0 Å². The lowest BCUT2D eigenvalue weighted by molar-refractivity contribution is 0.599. The van der Waals surface area contributed by atoms with Gasteiger partial charge in [-0.25, -0.2) is 0 Å². The summed E-state index contributed by atoms with van der Waals surface area (Å²) in [5, 5.41) is 16.1. The maximum Gasteiger partial charge on any atom is 0.179 e. The molecule has 0 atom stereocenters. The highest BCUT2D eigenvalue weighted by Gasteiger charge is 2.51. The number of fused-ring (bicyclic) bond motifs is 9. The van der Waals surface area contributed by atoms with Crippen molar-refractivity contribution >= 4 is 112 Å². The van der Waals surface area contributed by atoms with E-state index < -0.39 is 32.3 Å². The molecule has 0 amide bonds. The van der Waals surface area contributed by atoms with Crippen LogP contribution < -0.4 is 36.3 Å². The van der Waals surface area contributed by atoms with Gasteiger partial charge in [0.2, 0.25) is 0 Å². The molecule has 0 saturated heterocycles. The molecule has 2 aromatic heterocycles. The number of hydrogen-bond acceptors (Lipinski definition) is 0. The molecule has 0 spiro atoms. The maximum atomic E-state index is 2.76. The van der Waals surface area contributed by atoms with Gasteiger partial charge in [0.25, 0.3) is 0 Å². The molecule has 0 aliphatic carbocycles. The summed E-state index contributed by atoms with van der Waals surface area (Å²) in [6.07, 6.45) is 0. The van der Waals surface area contributed by atoms with Gasteiger partial charge in [0.05, 0.1) is 46.3 Å². The van der Waals surface area contributed by atoms with E-state index in [1.54, 1.807) is 32.3 Å². The summed E-state index contributed by atoms with van der Waals surface area (Å²) in [6.45, 7) is 30.8. The van der Waals surface area contributed by atoms with Crippen molar-refractivity contribution in [3.8, 4) is 11.4 Å². The molecule has 0 saturated carbocycles. The lowest BCUT2D eigenvalue weighted by Crippen LogP contribution is -2.75. The van der Waals surface area contributed by atoms with Crippen LogP contribution in [0.15, 0.2) is 170 Å². The molecule has 13 rings (SSSR count). The lowest BCUT2D eigenvalue weighted by atomic mass is 9.87. The van der Waals surface area contributed by atoms with Crippen molar-refractivity contribution in [2.75, 3.05) is 0 Å². The molecule has 0 bridgehead atoms. The SMILES string of the molecule is CC1(C)C[Si](C)(C)c2ccc([Si](c3cccc(-n4c5ccccc5c5cc(-n6c7ccccc7c7ccccc76)ccc54)c3)(c3ccc4c(c3)C(C)(C)C[Si]4(C)C)c3ccc4c(c3)C(C)(C)C[Si]4(C)C)cc21. The van der Waals surface area contributed by atoms with Gasteiger partial charge in [-0.3, -0.25) is 0 Å². The van der Waals surface area contributed by atoms with Gasteiger partial charge in [-0.2, -0.15) is 0 Å². The van der Waals surface area contributed by atoms with Gasteiger partial charge in [0, 0.05) is 32.9 Å². The number of aromatic nitrogens is 2. The molecule has 0 radical (unpaired) electrons. The number of para-hydroxylation sites is 3. The minimum Gasteiger partial charge on any atom is -0.309 e. The zero-order valence-electron chi connectivity index (χ0n) is 44.7. The van der Waals surface area contributed by atoms with E-state index in [2.05, 4.69) is 260 Å². The first kappa shape index (κ1) is 46.0. The Balaban J connectivity index is 1.11. The molecule has 2 nitrogen and oxygen atoms in total. The molecule has 3 aliphatic heterocycles. The Bertz CT molecular complexity index is 3690. The molecule has 360 valence electrons. The number of benzene rings is 8. The number of rotatable bonds is 6. The topological polar surface area (TPSA) is 9.86 Å². The Kier molecular flexibility index (Phi) is 9.69. The fourth-order valence-electron chi connectivity index (χ4n) is 16.1. The first-order valence-electron chi connectivity index (χ1n) is 26.7. The van der Waals surface area contributed by atoms with Crippen molar-refractivity contribution in [1.29, 1.82) is 0 Å². The van der Waals surface area contributed by atoms with Crippen LogP contribution in [-0.4, -0.2) is 41.4 Å². The first-order valence-corrected chi connectivity index (χ1v) is 38.3. The molecule has 6 heteroatoms. The summed E-state index contributed by atoms with van der Waals surface area (Å²) in [7, 11) is -8.03. The second-order valence-electron chi connectivity index (χ2n) is 26.3. The van der Waals surface area contributed by atoms with E-state index in [4.69, 9.17) is 0 Å². The molecule has 3 aliphatic rings. The van der Waals surface area contributed by atoms with E-state index in [1.165, 1.54) is 93.9 Å². The Hall–Kier alpha value is -5.77. The molecular formula is C66H70N2Si4. The van der Waals surface area contributed by atoms with Gasteiger partial charge < -0.3 is 9.13 Å². The standard InChI is InChI=1S/C66H70N2Si4/c1-64(2)41-69(7,8)61-33-29-47(38-54(61)64)72(48-30-34-62-55(39-48)65(3,4)42-70(62,9)10,49-31-35-63-56(40-49)66(5,6)43-71(63,11)12)46-21-19-20-44(36-46)67-59-27-18-15-24-52(59)53-37-45(28-32-60(53)67)68-57-25-16-13-22-50(57)51-23-14-17-26-58(51)68/h13-40H,41-43H2,1-12H3. The van der Waals surface area contributed by atoms with Crippen LogP contribution in [0.5, 0.6) is 0 Å². The fraction of sp³-hybridized carbons (Fsp3) is 0.273. The lowest BCUT2D eigenvalue weighted by Gasteiger charge is -2.37. The van der Waals surface area contributed by atoms with Crippen molar-refractivity contribution in [2.24, 2.45) is 0 Å². The predicted octanol–water partition coefficient (Wildman–Crippen LogP) is 12.9. The zero-order chi connectivity index (χ0) is 50.1. The maximum absolute atomic E-state index is 3.10. The van der Waals surface area contributed by atoms with Crippen LogP contribution in [0.1, 0.15) is 58.2 Å². The van der Waals surface area contributed by atoms with Gasteiger partial charge in [-0.15, -0.1) is 0 Å². The van der Waals surface area contributed by atoms with Crippen molar-refractivity contribution < 1.29 is 0 Å². The fourth-order valence-corrected chi connectivity index (χ4v) is 33.7. The van der Waals surface area contributed by atoms with Gasteiger partial charge in [-0.1, -0.05) is 218 Å². The van der Waals surface area contributed by atoms with Crippen LogP contribution in [0.3, 0.4) is 0 Å². The third kappa shape index (κ3) is 6.47. The third-order valence-corrected chi connectivity index (χ3v) is 34.1. The molecule has 0 N–H and O–H groups in total. The number of hydrogen-bond donors (Lipinski definition) is 0. The average molecular weight is 1000 g/mol. The zero-order valence-corrected chi connectivity index (χ0v) is 48.7. The van der Waals surface area contributed by atoms with Crippen molar-refractivity contribution in [3.05, 3.63) is 187 Å². The van der Waals surface area contributed by atoms with E-state index in [0.717, 1.165) is 0 Å². The molecular weight excluding hydrogens is 933 g/mol. The molecule has 10 aromatic rings. The van der Waals surface area contributed by atoms with Crippen molar-refractivity contribution in [2.45, 2.75) is 115 Å². The van der Waals surface area contributed by atoms with E-state index in [1.807, 2.05) is 0 Å². The minimum atomic E-state index is -3.10. The Morgan fingerprint density at radius 3 is 1.10 bits per heavy atom. The highest BCUT2D eigenvalue weighted by atomic mass is 28.3. The predicted molar refractivity (Wildman–Crippen MR) is 324 cm³/mol. The summed E-state index contributed by atoms with van der Waals surface area (Å²) >= 11 is 0. The normalized spacial score (nSPS) is 18.8. The summed E-state index contributed by atoms with van der Waals surface area (Å²) in [5.74, 6) is 0. The van der Waals surface area contributed by atoms with E-state index in [-0.39, 0.29) is 16.2 Å². The van der Waals surface area contributed by atoms with Crippen molar-refractivity contribution in [3.63, 3.8) is 0 Å². The average Bonchev–Trinajstić information content (AvgIpc) is 4.02. The van der Waals surface area contributed by atoms with Crippen molar-refractivity contribution in [1.82, 2.24) is 9.13 Å². The molecule has 8 aromatic carbocycles. The van der Waals surface area contributed by atoms with Gasteiger partial charge in [-0.05, 0) is 120 Å². The van der Waals surface area contributed by atoms with Gasteiger partial charge in [0.1, 0.15) is 0 Å². The van der Waals surface area contributed by atoms with Crippen LogP contribution in [0.25, 0.3) is 55.0 Å². The van der Waals surface area contributed by atoms with Gasteiger partial charge >= 0.3 is 0 Å². The second kappa shape index (κ2) is 15.2.